The highest BCUT2D eigenvalue weighted by Gasteiger charge is 2.13. The van der Waals surface area contributed by atoms with Crippen LogP contribution in [0.4, 0.5) is 0 Å². The van der Waals surface area contributed by atoms with Crippen LogP contribution in [0.1, 0.15) is 31.1 Å². The minimum atomic E-state index is -0.396. The number of aromatic nitrogens is 1. The molecule has 94 valence electrons. The molecule has 0 aliphatic heterocycles. The summed E-state index contributed by atoms with van der Waals surface area (Å²) in [6.45, 7) is 6.76. The molecular formula is C12H16ClNO2S. The van der Waals surface area contributed by atoms with E-state index in [0.717, 1.165) is 5.75 Å². The van der Waals surface area contributed by atoms with Gasteiger partial charge in [0.05, 0.1) is 10.6 Å². The second kappa shape index (κ2) is 6.26. The van der Waals surface area contributed by atoms with Gasteiger partial charge in [-0.2, -0.15) is 11.8 Å². The van der Waals surface area contributed by atoms with Crippen molar-refractivity contribution >= 4 is 29.3 Å². The lowest BCUT2D eigenvalue weighted by Crippen LogP contribution is -2.13. The third kappa shape index (κ3) is 5.41. The zero-order chi connectivity index (χ0) is 12.9. The molecule has 0 aliphatic rings. The van der Waals surface area contributed by atoms with Crippen molar-refractivity contribution in [3.8, 4) is 0 Å². The Morgan fingerprint density at radius 1 is 1.53 bits per heavy atom. The number of carbonyl (C=O) groups is 1. The van der Waals surface area contributed by atoms with Gasteiger partial charge in [-0.15, -0.1) is 0 Å². The molecule has 0 atom stereocenters. The molecule has 1 rings (SSSR count). The van der Waals surface area contributed by atoms with Crippen molar-refractivity contribution < 1.29 is 9.53 Å². The summed E-state index contributed by atoms with van der Waals surface area (Å²) in [5.41, 5.74) is 0.363. The standard InChI is InChI=1S/C12H16ClNO2S/c1-12(2,3)17-7-6-16-11(15)9-4-5-14-8-10(9)13/h4-5,8H,6-7H2,1-3H3. The molecular weight excluding hydrogens is 258 g/mol. The fourth-order valence-electron chi connectivity index (χ4n) is 1.10. The lowest BCUT2D eigenvalue weighted by atomic mass is 10.3. The normalized spacial score (nSPS) is 11.3. The summed E-state index contributed by atoms with van der Waals surface area (Å²) >= 11 is 7.59. The quantitative estimate of drug-likeness (QED) is 0.622. The molecule has 0 bridgehead atoms. The zero-order valence-corrected chi connectivity index (χ0v) is 11.8. The first kappa shape index (κ1) is 14.3. The Hall–Kier alpha value is -0.740. The smallest absolute Gasteiger partial charge is 0.339 e. The SMILES string of the molecule is CC(C)(C)SCCOC(=O)c1ccncc1Cl. The number of halogens is 1. The van der Waals surface area contributed by atoms with Crippen molar-refractivity contribution in [3.63, 3.8) is 0 Å². The van der Waals surface area contributed by atoms with E-state index in [0.29, 0.717) is 17.2 Å². The van der Waals surface area contributed by atoms with Crippen LogP contribution in [-0.2, 0) is 4.74 Å². The second-order valence-corrected chi connectivity index (χ2v) is 6.78. The topological polar surface area (TPSA) is 39.2 Å². The molecule has 0 aliphatic carbocycles. The Kier molecular flexibility index (Phi) is 5.28. The molecule has 3 nitrogen and oxygen atoms in total. The van der Waals surface area contributed by atoms with Crippen molar-refractivity contribution in [1.82, 2.24) is 4.98 Å². The van der Waals surface area contributed by atoms with Crippen LogP contribution in [0.25, 0.3) is 0 Å². The molecule has 0 N–H and O–H groups in total. The Balaban J connectivity index is 2.39. The predicted molar refractivity (Wildman–Crippen MR) is 71.7 cm³/mol. The molecule has 0 amide bonds. The molecule has 0 fully saturated rings. The van der Waals surface area contributed by atoms with Crippen molar-refractivity contribution in [2.45, 2.75) is 25.5 Å². The molecule has 0 saturated heterocycles. The molecule has 0 saturated carbocycles. The summed E-state index contributed by atoms with van der Waals surface area (Å²) in [6, 6.07) is 1.56. The van der Waals surface area contributed by atoms with E-state index in [1.165, 1.54) is 12.4 Å². The number of esters is 1. The van der Waals surface area contributed by atoms with Gasteiger partial charge < -0.3 is 4.74 Å². The third-order valence-corrected chi connectivity index (χ3v) is 3.38. The van der Waals surface area contributed by atoms with Crippen LogP contribution in [-0.4, -0.2) is 28.1 Å². The molecule has 17 heavy (non-hydrogen) atoms. The van der Waals surface area contributed by atoms with E-state index in [4.69, 9.17) is 16.3 Å². The van der Waals surface area contributed by atoms with Gasteiger partial charge in [-0.05, 0) is 6.07 Å². The van der Waals surface area contributed by atoms with E-state index in [1.54, 1.807) is 17.8 Å². The number of pyridine rings is 1. The van der Waals surface area contributed by atoms with Crippen molar-refractivity contribution in [2.24, 2.45) is 0 Å². The summed E-state index contributed by atoms with van der Waals surface area (Å²) in [6.07, 6.45) is 2.95. The molecule has 5 heteroatoms. The molecule has 0 radical (unpaired) electrons. The first-order valence-corrected chi connectivity index (χ1v) is 6.67. The summed E-state index contributed by atoms with van der Waals surface area (Å²) < 4.78 is 5.31. The van der Waals surface area contributed by atoms with Crippen LogP contribution in [0.15, 0.2) is 18.5 Å². The fourth-order valence-corrected chi connectivity index (χ4v) is 2.08. The van der Waals surface area contributed by atoms with Gasteiger partial charge in [-0.3, -0.25) is 4.98 Å². The van der Waals surface area contributed by atoms with Gasteiger partial charge in [0.1, 0.15) is 6.61 Å². The van der Waals surface area contributed by atoms with Crippen LogP contribution in [0.5, 0.6) is 0 Å². The number of ether oxygens (including phenoxy) is 1. The molecule has 1 aromatic heterocycles. The Bertz CT molecular complexity index is 390. The van der Waals surface area contributed by atoms with Gasteiger partial charge >= 0.3 is 5.97 Å². The van der Waals surface area contributed by atoms with Crippen LogP contribution in [0.2, 0.25) is 5.02 Å². The summed E-state index contributed by atoms with van der Waals surface area (Å²) in [5.74, 6) is 0.379. The average molecular weight is 274 g/mol. The molecule has 0 unspecified atom stereocenters. The lowest BCUT2D eigenvalue weighted by molar-refractivity contribution is 0.0530. The highest BCUT2D eigenvalue weighted by Crippen LogP contribution is 2.22. The Morgan fingerprint density at radius 3 is 2.82 bits per heavy atom. The maximum absolute atomic E-state index is 11.6. The summed E-state index contributed by atoms with van der Waals surface area (Å²) in [5, 5.41) is 0.320. The molecule has 1 heterocycles. The van der Waals surface area contributed by atoms with Gasteiger partial charge in [0.2, 0.25) is 0 Å². The largest absolute Gasteiger partial charge is 0.461 e. The maximum atomic E-state index is 11.6. The average Bonchev–Trinajstić information content (AvgIpc) is 2.23. The Morgan fingerprint density at radius 2 is 2.24 bits per heavy atom. The molecule has 0 aromatic carbocycles. The number of hydrogen-bond acceptors (Lipinski definition) is 4. The van der Waals surface area contributed by atoms with Gasteiger partial charge in [0, 0.05) is 22.9 Å². The van der Waals surface area contributed by atoms with Crippen molar-refractivity contribution in [3.05, 3.63) is 29.0 Å². The first-order valence-electron chi connectivity index (χ1n) is 5.31. The number of hydrogen-bond donors (Lipinski definition) is 0. The van der Waals surface area contributed by atoms with E-state index in [-0.39, 0.29) is 4.75 Å². The number of carbonyl (C=O) groups excluding carboxylic acids is 1. The first-order chi connectivity index (χ1) is 7.90. The van der Waals surface area contributed by atoms with Gasteiger partial charge in [-0.1, -0.05) is 32.4 Å². The number of nitrogens with zero attached hydrogens (tertiary/aromatic N) is 1. The maximum Gasteiger partial charge on any atom is 0.339 e. The van der Waals surface area contributed by atoms with E-state index in [1.807, 2.05) is 0 Å². The minimum Gasteiger partial charge on any atom is -0.461 e. The summed E-state index contributed by atoms with van der Waals surface area (Å²) in [7, 11) is 0. The third-order valence-electron chi connectivity index (χ3n) is 1.84. The van der Waals surface area contributed by atoms with E-state index < -0.39 is 5.97 Å². The van der Waals surface area contributed by atoms with Crippen LogP contribution >= 0.6 is 23.4 Å². The highest BCUT2D eigenvalue weighted by atomic mass is 35.5. The second-order valence-electron chi connectivity index (χ2n) is 4.45. The number of rotatable bonds is 4. The van der Waals surface area contributed by atoms with Crippen molar-refractivity contribution in [1.29, 1.82) is 0 Å². The van der Waals surface area contributed by atoms with Gasteiger partial charge in [0.25, 0.3) is 0 Å². The van der Waals surface area contributed by atoms with Crippen molar-refractivity contribution in [2.75, 3.05) is 12.4 Å². The van der Waals surface area contributed by atoms with Crippen LogP contribution in [0.3, 0.4) is 0 Å². The molecule has 0 spiro atoms. The minimum absolute atomic E-state index is 0.181. The van der Waals surface area contributed by atoms with Gasteiger partial charge in [0.15, 0.2) is 0 Å². The van der Waals surface area contributed by atoms with E-state index in [2.05, 4.69) is 25.8 Å². The summed E-state index contributed by atoms with van der Waals surface area (Å²) in [4.78, 5) is 15.5. The fraction of sp³-hybridized carbons (Fsp3) is 0.500. The molecule has 1 aromatic rings. The van der Waals surface area contributed by atoms with Gasteiger partial charge in [-0.25, -0.2) is 4.79 Å². The van der Waals surface area contributed by atoms with Crippen LogP contribution < -0.4 is 0 Å². The highest BCUT2D eigenvalue weighted by molar-refractivity contribution is 8.00. The van der Waals surface area contributed by atoms with Crippen LogP contribution in [0, 0.1) is 0 Å². The zero-order valence-electron chi connectivity index (χ0n) is 10.2. The number of thioether (sulfide) groups is 1. The Labute approximate surface area is 111 Å². The predicted octanol–water partition coefficient (Wildman–Crippen LogP) is 3.42. The lowest BCUT2D eigenvalue weighted by Gasteiger charge is -2.17. The van der Waals surface area contributed by atoms with E-state index in [9.17, 15) is 4.79 Å². The monoisotopic (exact) mass is 273 g/mol. The van der Waals surface area contributed by atoms with E-state index >= 15 is 0 Å².